The lowest BCUT2D eigenvalue weighted by Crippen LogP contribution is -2.49. The number of benzene rings is 1. The molecular weight excluding hydrogens is 438 g/mol. The van der Waals surface area contributed by atoms with Gasteiger partial charge < -0.3 is 20.1 Å². The van der Waals surface area contributed by atoms with E-state index in [0.717, 1.165) is 25.5 Å². The molecule has 0 radical (unpaired) electrons. The number of amides is 1. The lowest BCUT2D eigenvalue weighted by Gasteiger charge is -2.43. The molecule has 1 fully saturated rings. The molecule has 3 atom stereocenters. The fraction of sp³-hybridized carbons (Fsp3) is 0.741. The zero-order chi connectivity index (χ0) is 25.4. The Labute approximate surface area is 204 Å². The Hall–Kier alpha value is -1.57. The number of ether oxygens (including phenoxy) is 1. The molecule has 34 heavy (non-hydrogen) atoms. The summed E-state index contributed by atoms with van der Waals surface area (Å²) in [6, 6.07) is 3.98. The van der Waals surface area contributed by atoms with E-state index in [2.05, 4.69) is 26.1 Å². The first kappa shape index (κ1) is 28.7. The summed E-state index contributed by atoms with van der Waals surface area (Å²) in [5.41, 5.74) is -1.44. The third-order valence-corrected chi connectivity index (χ3v) is 6.88. The van der Waals surface area contributed by atoms with Gasteiger partial charge in [0, 0.05) is 44.7 Å². The van der Waals surface area contributed by atoms with Crippen LogP contribution in [0.2, 0.25) is 0 Å². The van der Waals surface area contributed by atoms with Gasteiger partial charge in [-0.05, 0) is 69.5 Å². The average Bonchev–Trinajstić information content (AvgIpc) is 2.77. The second-order valence-corrected chi connectivity index (χ2v) is 11.0. The van der Waals surface area contributed by atoms with Crippen molar-refractivity contribution in [2.24, 2.45) is 17.3 Å². The minimum Gasteiger partial charge on any atom is -0.385 e. The zero-order valence-corrected chi connectivity index (χ0v) is 21.6. The number of aliphatic hydroxyl groups is 1. The predicted octanol–water partition coefficient (Wildman–Crippen LogP) is 4.87. The van der Waals surface area contributed by atoms with Crippen molar-refractivity contribution in [3.8, 4) is 0 Å². The highest BCUT2D eigenvalue weighted by atomic mass is 19.2. The number of piperidine rings is 1. The van der Waals surface area contributed by atoms with Crippen LogP contribution in [0.25, 0.3) is 0 Å². The quantitative estimate of drug-likeness (QED) is 0.417. The smallest absolute Gasteiger partial charge is 0.222 e. The summed E-state index contributed by atoms with van der Waals surface area (Å²) in [6.07, 6.45) is 4.35. The van der Waals surface area contributed by atoms with Gasteiger partial charge in [0.1, 0.15) is 0 Å². The second kappa shape index (κ2) is 12.9. The van der Waals surface area contributed by atoms with E-state index in [1.165, 1.54) is 12.1 Å². The molecule has 2 N–H and O–H groups in total. The SMILES string of the molecule is CNC[C@@H](CC(=O)N1CCC[C@@H]([C@@](O)(CCCCOC)c2cccc(F)c2F)C1)CC(C)(C)C. The van der Waals surface area contributed by atoms with Crippen molar-refractivity contribution in [2.45, 2.75) is 71.3 Å². The van der Waals surface area contributed by atoms with Crippen LogP contribution in [-0.2, 0) is 15.1 Å². The van der Waals surface area contributed by atoms with Crippen molar-refractivity contribution in [1.29, 1.82) is 0 Å². The van der Waals surface area contributed by atoms with Crippen LogP contribution in [0.3, 0.4) is 0 Å². The zero-order valence-electron chi connectivity index (χ0n) is 21.6. The van der Waals surface area contributed by atoms with Crippen LogP contribution in [0.5, 0.6) is 0 Å². The number of unbranched alkanes of at least 4 members (excludes halogenated alkanes) is 1. The summed E-state index contributed by atoms with van der Waals surface area (Å²) in [6.45, 7) is 8.80. The molecule has 1 saturated heterocycles. The van der Waals surface area contributed by atoms with Crippen LogP contribution in [0.15, 0.2) is 18.2 Å². The van der Waals surface area contributed by atoms with Gasteiger partial charge in [-0.2, -0.15) is 0 Å². The summed E-state index contributed by atoms with van der Waals surface area (Å²) in [5.74, 6) is -2.05. The minimum absolute atomic E-state index is 0.00925. The molecule has 0 bridgehead atoms. The van der Waals surface area contributed by atoms with E-state index in [1.54, 1.807) is 7.11 Å². The molecule has 2 rings (SSSR count). The standard InChI is InChI=1S/C27H44F2N2O3/c1-26(2,3)17-20(18-30-4)16-24(32)31-14-9-10-21(19-31)27(33,13-6-7-15-34-5)22-11-8-12-23(28)25(22)29/h8,11-12,20-21,30,33H,6-7,9-10,13-19H2,1-5H3/t20-,21+,27-/m0/s1. The molecule has 1 heterocycles. The number of likely N-dealkylation sites (tertiary alicyclic amines) is 1. The third-order valence-electron chi connectivity index (χ3n) is 6.88. The van der Waals surface area contributed by atoms with Gasteiger partial charge in [0.25, 0.3) is 0 Å². The minimum atomic E-state index is -1.55. The Morgan fingerprint density at radius 2 is 2.03 bits per heavy atom. The van der Waals surface area contributed by atoms with Gasteiger partial charge in [0.05, 0.1) is 5.60 Å². The Morgan fingerprint density at radius 1 is 1.29 bits per heavy atom. The number of carbonyl (C=O) groups is 1. The van der Waals surface area contributed by atoms with Gasteiger partial charge in [0.2, 0.25) is 5.91 Å². The van der Waals surface area contributed by atoms with Crippen LogP contribution in [-0.4, -0.2) is 56.3 Å². The molecule has 7 heteroatoms. The third kappa shape index (κ3) is 7.99. The van der Waals surface area contributed by atoms with E-state index >= 15 is 0 Å². The second-order valence-electron chi connectivity index (χ2n) is 11.0. The van der Waals surface area contributed by atoms with Crippen LogP contribution < -0.4 is 5.32 Å². The topological polar surface area (TPSA) is 61.8 Å². The summed E-state index contributed by atoms with van der Waals surface area (Å²) >= 11 is 0. The van der Waals surface area contributed by atoms with E-state index in [1.807, 2.05) is 11.9 Å². The maximum Gasteiger partial charge on any atom is 0.222 e. The summed E-state index contributed by atoms with van der Waals surface area (Å²) in [5, 5.41) is 15.0. The fourth-order valence-electron chi connectivity index (χ4n) is 5.38. The molecule has 1 aromatic carbocycles. The summed E-state index contributed by atoms with van der Waals surface area (Å²) in [4.78, 5) is 15.1. The highest BCUT2D eigenvalue weighted by molar-refractivity contribution is 5.76. The lowest BCUT2D eigenvalue weighted by molar-refractivity contribution is -0.138. The van der Waals surface area contributed by atoms with Crippen molar-refractivity contribution in [1.82, 2.24) is 10.2 Å². The van der Waals surface area contributed by atoms with Crippen molar-refractivity contribution in [2.75, 3.05) is 40.4 Å². The number of hydrogen-bond donors (Lipinski definition) is 2. The fourth-order valence-corrected chi connectivity index (χ4v) is 5.38. The van der Waals surface area contributed by atoms with Crippen molar-refractivity contribution in [3.05, 3.63) is 35.4 Å². The molecular formula is C27H44F2N2O3. The number of carbonyl (C=O) groups excluding carboxylic acids is 1. The van der Waals surface area contributed by atoms with Gasteiger partial charge in [-0.15, -0.1) is 0 Å². The van der Waals surface area contributed by atoms with E-state index in [4.69, 9.17) is 4.74 Å². The Morgan fingerprint density at radius 3 is 2.68 bits per heavy atom. The maximum atomic E-state index is 14.9. The van der Waals surface area contributed by atoms with E-state index < -0.39 is 17.2 Å². The number of rotatable bonds is 12. The molecule has 0 aliphatic carbocycles. The molecule has 0 aromatic heterocycles. The van der Waals surface area contributed by atoms with Crippen LogP contribution >= 0.6 is 0 Å². The molecule has 1 amide bonds. The molecule has 1 aromatic rings. The normalized spacial score (nSPS) is 19.6. The largest absolute Gasteiger partial charge is 0.385 e. The molecule has 0 spiro atoms. The molecule has 1 aliphatic heterocycles. The van der Waals surface area contributed by atoms with E-state index in [0.29, 0.717) is 45.4 Å². The number of nitrogens with zero attached hydrogens (tertiary/aromatic N) is 1. The molecule has 0 unspecified atom stereocenters. The van der Waals surface area contributed by atoms with Gasteiger partial charge in [0.15, 0.2) is 11.6 Å². The number of halogens is 2. The predicted molar refractivity (Wildman–Crippen MR) is 131 cm³/mol. The molecule has 1 aliphatic rings. The number of nitrogens with one attached hydrogen (secondary N) is 1. The first-order valence-electron chi connectivity index (χ1n) is 12.6. The lowest BCUT2D eigenvalue weighted by atomic mass is 9.73. The van der Waals surface area contributed by atoms with E-state index in [-0.39, 0.29) is 35.1 Å². The van der Waals surface area contributed by atoms with Crippen LogP contribution in [0, 0.1) is 28.9 Å². The van der Waals surface area contributed by atoms with Crippen LogP contribution in [0.1, 0.15) is 71.3 Å². The first-order valence-corrected chi connectivity index (χ1v) is 12.6. The van der Waals surface area contributed by atoms with Crippen LogP contribution in [0.4, 0.5) is 8.78 Å². The summed E-state index contributed by atoms with van der Waals surface area (Å²) < 4.78 is 34.1. The van der Waals surface area contributed by atoms with Gasteiger partial charge in [-0.3, -0.25) is 4.79 Å². The van der Waals surface area contributed by atoms with Gasteiger partial charge in [-0.25, -0.2) is 8.78 Å². The Balaban J connectivity index is 2.22. The van der Waals surface area contributed by atoms with Gasteiger partial charge in [-0.1, -0.05) is 32.9 Å². The Bertz CT molecular complexity index is 784. The van der Waals surface area contributed by atoms with Gasteiger partial charge >= 0.3 is 0 Å². The molecule has 5 nitrogen and oxygen atoms in total. The maximum absolute atomic E-state index is 14.9. The van der Waals surface area contributed by atoms with Crippen molar-refractivity contribution in [3.63, 3.8) is 0 Å². The highest BCUT2D eigenvalue weighted by Crippen LogP contribution is 2.41. The molecule has 194 valence electrons. The first-order chi connectivity index (χ1) is 16.0. The summed E-state index contributed by atoms with van der Waals surface area (Å²) in [7, 11) is 3.51. The monoisotopic (exact) mass is 482 g/mol. The Kier molecular flexibility index (Phi) is 10.9. The number of methoxy groups -OCH3 is 1. The van der Waals surface area contributed by atoms with Crippen molar-refractivity contribution >= 4 is 5.91 Å². The van der Waals surface area contributed by atoms with E-state index in [9.17, 15) is 18.7 Å². The van der Waals surface area contributed by atoms with Crippen molar-refractivity contribution < 1.29 is 23.4 Å². The number of hydrogen-bond acceptors (Lipinski definition) is 4. The highest BCUT2D eigenvalue weighted by Gasteiger charge is 2.43. The molecule has 0 saturated carbocycles. The average molecular weight is 483 g/mol.